The van der Waals surface area contributed by atoms with Crippen molar-refractivity contribution in [2.75, 3.05) is 6.61 Å². The van der Waals surface area contributed by atoms with Crippen LogP contribution in [-0.2, 0) is 6.42 Å². The number of rotatable bonds is 6. The Labute approximate surface area is 163 Å². The van der Waals surface area contributed by atoms with Crippen LogP contribution in [0.1, 0.15) is 11.3 Å². The minimum absolute atomic E-state index is 0.181. The molecule has 142 valence electrons. The van der Waals surface area contributed by atoms with E-state index in [-0.39, 0.29) is 11.9 Å². The van der Waals surface area contributed by atoms with Crippen molar-refractivity contribution in [1.29, 1.82) is 0 Å². The van der Waals surface area contributed by atoms with Crippen molar-refractivity contribution in [3.05, 3.63) is 84.1 Å². The summed E-state index contributed by atoms with van der Waals surface area (Å²) < 4.78 is 19.5. The maximum absolute atomic E-state index is 13.5. The lowest BCUT2D eigenvalue weighted by molar-refractivity contribution is 0.291. The molecule has 1 unspecified atom stereocenters. The average Bonchev–Trinajstić information content (AvgIpc) is 3.07. The Bertz CT molecular complexity index is 1110. The van der Waals surface area contributed by atoms with Crippen LogP contribution in [0.5, 0.6) is 5.75 Å². The molecule has 28 heavy (non-hydrogen) atoms. The third-order valence-corrected chi connectivity index (χ3v) is 4.66. The summed E-state index contributed by atoms with van der Waals surface area (Å²) >= 11 is 0. The zero-order valence-corrected chi connectivity index (χ0v) is 15.7. The fourth-order valence-electron chi connectivity index (χ4n) is 3.38. The van der Waals surface area contributed by atoms with E-state index in [4.69, 9.17) is 10.5 Å². The molecule has 2 aromatic heterocycles. The second-order valence-electron chi connectivity index (χ2n) is 7.04. The average molecular weight is 375 g/mol. The summed E-state index contributed by atoms with van der Waals surface area (Å²) in [7, 11) is 0. The number of nitrogens with zero attached hydrogens (tertiary/aromatic N) is 1. The Balaban J connectivity index is 1.44. The van der Waals surface area contributed by atoms with Crippen LogP contribution in [0.4, 0.5) is 4.39 Å². The Morgan fingerprint density at radius 2 is 1.93 bits per heavy atom. The quantitative estimate of drug-likeness (QED) is 0.517. The fraction of sp³-hybridized carbons (Fsp3) is 0.174. The normalized spacial score (nSPS) is 12.2. The van der Waals surface area contributed by atoms with Crippen molar-refractivity contribution in [3.8, 4) is 16.9 Å². The Kier molecular flexibility index (Phi) is 5.08. The Morgan fingerprint density at radius 1 is 1.07 bits per heavy atom. The van der Waals surface area contributed by atoms with Crippen molar-refractivity contribution in [2.24, 2.45) is 5.73 Å². The lowest BCUT2D eigenvalue weighted by atomic mass is 10.0. The van der Waals surface area contributed by atoms with Gasteiger partial charge in [-0.3, -0.25) is 4.98 Å². The number of hydrogen-bond donors (Lipinski definition) is 2. The summed E-state index contributed by atoms with van der Waals surface area (Å²) in [6, 6.07) is 16.3. The fourth-order valence-corrected chi connectivity index (χ4v) is 3.38. The zero-order valence-electron chi connectivity index (χ0n) is 15.7. The molecular formula is C23H22FN3O. The van der Waals surface area contributed by atoms with Crippen LogP contribution in [0.2, 0.25) is 0 Å². The predicted molar refractivity (Wildman–Crippen MR) is 110 cm³/mol. The predicted octanol–water partition coefficient (Wildman–Crippen LogP) is 4.63. The first-order chi connectivity index (χ1) is 13.6. The zero-order chi connectivity index (χ0) is 19.5. The highest BCUT2D eigenvalue weighted by molar-refractivity contribution is 5.86. The maximum Gasteiger partial charge on any atom is 0.128 e. The lowest BCUT2D eigenvalue weighted by Gasteiger charge is -2.14. The first-order valence-corrected chi connectivity index (χ1v) is 9.25. The van der Waals surface area contributed by atoms with Gasteiger partial charge in [0.25, 0.3) is 0 Å². The number of nitrogens with two attached hydrogens (primary N) is 1. The number of pyridine rings is 1. The van der Waals surface area contributed by atoms with Gasteiger partial charge in [-0.25, -0.2) is 4.39 Å². The van der Waals surface area contributed by atoms with Gasteiger partial charge in [-0.1, -0.05) is 18.2 Å². The molecule has 3 N–H and O–H groups in total. The van der Waals surface area contributed by atoms with E-state index in [1.807, 2.05) is 37.3 Å². The van der Waals surface area contributed by atoms with Gasteiger partial charge in [-0.05, 0) is 60.9 Å². The van der Waals surface area contributed by atoms with Crippen LogP contribution in [0.25, 0.3) is 22.0 Å². The van der Waals surface area contributed by atoms with E-state index in [2.05, 4.69) is 16.0 Å². The third kappa shape index (κ3) is 4.05. The number of halogens is 1. The molecule has 0 saturated carbocycles. The summed E-state index contributed by atoms with van der Waals surface area (Å²) in [5, 5.41) is 1.06. The van der Waals surface area contributed by atoms with Crippen LogP contribution in [0.3, 0.4) is 0 Å². The molecule has 4 rings (SSSR count). The molecule has 0 radical (unpaired) electrons. The molecule has 0 aliphatic rings. The number of aromatic nitrogens is 2. The standard InChI is InChI=1S/C23H22FN3O/c1-15-8-21-22(27-15)6-3-7-23(21)28-14-20(25)10-16-9-18(13-26-12-16)17-4-2-5-19(24)11-17/h2-9,11-13,20,27H,10,14,25H2,1H3. The highest BCUT2D eigenvalue weighted by Gasteiger charge is 2.10. The highest BCUT2D eigenvalue weighted by atomic mass is 19.1. The van der Waals surface area contributed by atoms with Crippen molar-refractivity contribution in [3.63, 3.8) is 0 Å². The lowest BCUT2D eigenvalue weighted by Crippen LogP contribution is -2.30. The summed E-state index contributed by atoms with van der Waals surface area (Å²) in [6.07, 6.45) is 4.15. The SMILES string of the molecule is Cc1cc2c(OCC(N)Cc3cncc(-c4cccc(F)c4)c3)cccc2[nH]1. The number of aromatic amines is 1. The van der Waals surface area contributed by atoms with Crippen LogP contribution in [0, 0.1) is 12.7 Å². The largest absolute Gasteiger partial charge is 0.491 e. The van der Waals surface area contributed by atoms with Gasteiger partial charge < -0.3 is 15.5 Å². The minimum Gasteiger partial charge on any atom is -0.491 e. The molecule has 0 bridgehead atoms. The first kappa shape index (κ1) is 18.2. The molecule has 4 aromatic rings. The van der Waals surface area contributed by atoms with Gasteiger partial charge in [0.2, 0.25) is 0 Å². The van der Waals surface area contributed by atoms with E-state index in [0.717, 1.165) is 39.0 Å². The third-order valence-electron chi connectivity index (χ3n) is 4.66. The number of ether oxygens (including phenoxy) is 1. The van der Waals surface area contributed by atoms with Crippen LogP contribution < -0.4 is 10.5 Å². The molecule has 1 atom stereocenters. The van der Waals surface area contributed by atoms with Crippen LogP contribution >= 0.6 is 0 Å². The number of benzene rings is 2. The number of hydrogen-bond acceptors (Lipinski definition) is 3. The molecule has 0 saturated heterocycles. The number of H-pyrrole nitrogens is 1. The highest BCUT2D eigenvalue weighted by Crippen LogP contribution is 2.26. The van der Waals surface area contributed by atoms with Crippen molar-refractivity contribution in [2.45, 2.75) is 19.4 Å². The number of nitrogens with one attached hydrogen (secondary N) is 1. The Morgan fingerprint density at radius 3 is 2.79 bits per heavy atom. The van der Waals surface area contributed by atoms with Gasteiger partial charge in [0.05, 0.1) is 0 Å². The van der Waals surface area contributed by atoms with Crippen molar-refractivity contribution in [1.82, 2.24) is 9.97 Å². The van der Waals surface area contributed by atoms with Gasteiger partial charge in [0.1, 0.15) is 18.2 Å². The summed E-state index contributed by atoms with van der Waals surface area (Å²) in [5.41, 5.74) is 11.1. The minimum atomic E-state index is -0.262. The van der Waals surface area contributed by atoms with E-state index < -0.39 is 0 Å². The maximum atomic E-state index is 13.5. The Hall–Kier alpha value is -3.18. The second-order valence-corrected chi connectivity index (χ2v) is 7.04. The van der Waals surface area contributed by atoms with E-state index >= 15 is 0 Å². The van der Waals surface area contributed by atoms with E-state index in [9.17, 15) is 4.39 Å². The van der Waals surface area contributed by atoms with Gasteiger partial charge in [-0.15, -0.1) is 0 Å². The van der Waals surface area contributed by atoms with Gasteiger partial charge in [0, 0.05) is 40.6 Å². The second kappa shape index (κ2) is 7.82. The number of aryl methyl sites for hydroxylation is 1. The molecular weight excluding hydrogens is 353 g/mol. The van der Waals surface area contributed by atoms with Gasteiger partial charge in [0.15, 0.2) is 0 Å². The molecule has 0 spiro atoms. The molecule has 0 amide bonds. The van der Waals surface area contributed by atoms with Crippen molar-refractivity contribution < 1.29 is 9.13 Å². The molecule has 2 aromatic carbocycles. The number of fused-ring (bicyclic) bond motifs is 1. The van der Waals surface area contributed by atoms with Crippen LogP contribution in [-0.4, -0.2) is 22.6 Å². The first-order valence-electron chi connectivity index (χ1n) is 9.25. The molecule has 0 aliphatic heterocycles. The van der Waals surface area contributed by atoms with Gasteiger partial charge in [-0.2, -0.15) is 0 Å². The summed E-state index contributed by atoms with van der Waals surface area (Å²) in [5.74, 6) is 0.561. The molecule has 4 nitrogen and oxygen atoms in total. The van der Waals surface area contributed by atoms with Gasteiger partial charge >= 0.3 is 0 Å². The smallest absolute Gasteiger partial charge is 0.128 e. The summed E-state index contributed by atoms with van der Waals surface area (Å²) in [4.78, 5) is 7.59. The van der Waals surface area contributed by atoms with Crippen molar-refractivity contribution >= 4 is 10.9 Å². The van der Waals surface area contributed by atoms with E-state index in [0.29, 0.717) is 13.0 Å². The molecule has 2 heterocycles. The molecule has 0 fully saturated rings. The summed E-state index contributed by atoms with van der Waals surface area (Å²) in [6.45, 7) is 2.42. The molecule has 0 aliphatic carbocycles. The van der Waals surface area contributed by atoms with E-state index in [1.165, 1.54) is 12.1 Å². The monoisotopic (exact) mass is 375 g/mol. The molecule has 5 heteroatoms. The van der Waals surface area contributed by atoms with E-state index in [1.54, 1.807) is 18.5 Å². The van der Waals surface area contributed by atoms with Crippen LogP contribution in [0.15, 0.2) is 67.0 Å². The topological polar surface area (TPSA) is 63.9 Å².